The third kappa shape index (κ3) is 2.85. The minimum Gasteiger partial charge on any atom is -0.326 e. The Bertz CT molecular complexity index is 337. The standard InChI is InChI=1S/C14H23N3/c1-11(2)17-10-4-3-5-13(15)14(17)12-6-8-16-9-7-12/h6-9,11,13-14H,3-5,10,15H2,1-2H3. The van der Waals surface area contributed by atoms with Crippen LogP contribution in [0.15, 0.2) is 24.5 Å². The molecule has 1 aromatic heterocycles. The van der Waals surface area contributed by atoms with Gasteiger partial charge in [0.2, 0.25) is 0 Å². The van der Waals surface area contributed by atoms with Crippen molar-refractivity contribution >= 4 is 0 Å². The number of nitrogens with two attached hydrogens (primary N) is 1. The summed E-state index contributed by atoms with van der Waals surface area (Å²) in [6.45, 7) is 5.66. The largest absolute Gasteiger partial charge is 0.326 e. The molecule has 94 valence electrons. The molecule has 2 heterocycles. The Kier molecular flexibility index (Phi) is 4.13. The minimum atomic E-state index is 0.238. The summed E-state index contributed by atoms with van der Waals surface area (Å²) < 4.78 is 0. The number of hydrogen-bond donors (Lipinski definition) is 1. The van der Waals surface area contributed by atoms with Gasteiger partial charge in [-0.1, -0.05) is 6.42 Å². The van der Waals surface area contributed by atoms with Crippen molar-refractivity contribution in [2.45, 2.75) is 51.2 Å². The lowest BCUT2D eigenvalue weighted by atomic mass is 9.96. The SMILES string of the molecule is CC(C)N1CCCCC(N)C1c1ccncc1. The second-order valence-corrected chi connectivity index (χ2v) is 5.22. The summed E-state index contributed by atoms with van der Waals surface area (Å²) in [5.74, 6) is 0. The van der Waals surface area contributed by atoms with Gasteiger partial charge in [0, 0.05) is 24.5 Å². The smallest absolute Gasteiger partial charge is 0.0502 e. The van der Waals surface area contributed by atoms with Gasteiger partial charge in [-0.25, -0.2) is 0 Å². The molecule has 0 saturated carbocycles. The maximum atomic E-state index is 6.38. The fraction of sp³-hybridized carbons (Fsp3) is 0.643. The first-order valence-electron chi connectivity index (χ1n) is 6.61. The monoisotopic (exact) mass is 233 g/mol. The Balaban J connectivity index is 2.29. The predicted molar refractivity (Wildman–Crippen MR) is 70.6 cm³/mol. The molecule has 1 fully saturated rings. The lowest BCUT2D eigenvalue weighted by Gasteiger charge is -2.36. The lowest BCUT2D eigenvalue weighted by Crippen LogP contribution is -2.43. The van der Waals surface area contributed by atoms with Crippen molar-refractivity contribution < 1.29 is 0 Å². The number of likely N-dealkylation sites (tertiary alicyclic amines) is 1. The van der Waals surface area contributed by atoms with Gasteiger partial charge in [0.1, 0.15) is 0 Å². The predicted octanol–water partition coefficient (Wildman–Crippen LogP) is 2.34. The van der Waals surface area contributed by atoms with Crippen molar-refractivity contribution in [2.24, 2.45) is 5.73 Å². The van der Waals surface area contributed by atoms with Crippen LogP contribution >= 0.6 is 0 Å². The average molecular weight is 233 g/mol. The molecule has 1 aromatic rings. The average Bonchev–Trinajstić information content (AvgIpc) is 2.52. The summed E-state index contributed by atoms with van der Waals surface area (Å²) in [6, 6.07) is 5.33. The van der Waals surface area contributed by atoms with Crippen molar-refractivity contribution in [2.75, 3.05) is 6.54 Å². The van der Waals surface area contributed by atoms with E-state index in [-0.39, 0.29) is 6.04 Å². The van der Waals surface area contributed by atoms with Gasteiger partial charge in [-0.2, -0.15) is 0 Å². The van der Waals surface area contributed by atoms with E-state index < -0.39 is 0 Å². The Morgan fingerprint density at radius 2 is 2.00 bits per heavy atom. The van der Waals surface area contributed by atoms with E-state index in [0.29, 0.717) is 12.1 Å². The first kappa shape index (κ1) is 12.5. The Morgan fingerprint density at radius 3 is 2.65 bits per heavy atom. The zero-order valence-electron chi connectivity index (χ0n) is 10.8. The first-order chi connectivity index (χ1) is 8.20. The van der Waals surface area contributed by atoms with Crippen LogP contribution in [0.25, 0.3) is 0 Å². The highest BCUT2D eigenvalue weighted by molar-refractivity contribution is 5.18. The summed E-state index contributed by atoms with van der Waals surface area (Å²) in [6.07, 6.45) is 7.35. The molecular formula is C14H23N3. The number of rotatable bonds is 2. The van der Waals surface area contributed by atoms with Crippen LogP contribution in [-0.2, 0) is 0 Å². The van der Waals surface area contributed by atoms with Crippen molar-refractivity contribution in [3.05, 3.63) is 30.1 Å². The first-order valence-corrected chi connectivity index (χ1v) is 6.61. The molecule has 0 aliphatic carbocycles. The molecule has 2 atom stereocenters. The summed E-state index contributed by atoms with van der Waals surface area (Å²) in [5, 5.41) is 0. The molecule has 0 bridgehead atoms. The fourth-order valence-electron chi connectivity index (χ4n) is 2.80. The van der Waals surface area contributed by atoms with Crippen molar-refractivity contribution in [1.29, 1.82) is 0 Å². The molecule has 2 rings (SSSR count). The van der Waals surface area contributed by atoms with Crippen molar-refractivity contribution in [1.82, 2.24) is 9.88 Å². The summed E-state index contributed by atoms with van der Waals surface area (Å²) in [4.78, 5) is 6.63. The van der Waals surface area contributed by atoms with Crippen LogP contribution in [0.1, 0.15) is 44.7 Å². The Labute approximate surface area is 104 Å². The molecule has 0 aromatic carbocycles. The van der Waals surface area contributed by atoms with Crippen LogP contribution in [0.4, 0.5) is 0 Å². The zero-order valence-corrected chi connectivity index (χ0v) is 10.8. The van der Waals surface area contributed by atoms with Gasteiger partial charge in [0.05, 0.1) is 6.04 Å². The van der Waals surface area contributed by atoms with E-state index in [1.807, 2.05) is 12.4 Å². The van der Waals surface area contributed by atoms with E-state index >= 15 is 0 Å². The van der Waals surface area contributed by atoms with Crippen molar-refractivity contribution in [3.8, 4) is 0 Å². The summed E-state index contributed by atoms with van der Waals surface area (Å²) in [5.41, 5.74) is 7.69. The quantitative estimate of drug-likeness (QED) is 0.852. The Morgan fingerprint density at radius 1 is 1.29 bits per heavy atom. The van der Waals surface area contributed by atoms with E-state index in [9.17, 15) is 0 Å². The molecule has 1 aliphatic heterocycles. The second-order valence-electron chi connectivity index (χ2n) is 5.22. The van der Waals surface area contributed by atoms with Crippen LogP contribution in [0.2, 0.25) is 0 Å². The topological polar surface area (TPSA) is 42.1 Å². The van der Waals surface area contributed by atoms with Crippen LogP contribution in [0.5, 0.6) is 0 Å². The van der Waals surface area contributed by atoms with Crippen LogP contribution in [0, 0.1) is 0 Å². The number of nitrogens with zero attached hydrogens (tertiary/aromatic N) is 2. The molecule has 17 heavy (non-hydrogen) atoms. The molecule has 3 heteroatoms. The third-order valence-electron chi connectivity index (χ3n) is 3.68. The highest BCUT2D eigenvalue weighted by Gasteiger charge is 2.30. The molecule has 0 amide bonds. The lowest BCUT2D eigenvalue weighted by molar-refractivity contribution is 0.144. The van der Waals surface area contributed by atoms with E-state index in [1.165, 1.54) is 18.4 Å². The molecular weight excluding hydrogens is 210 g/mol. The molecule has 0 spiro atoms. The minimum absolute atomic E-state index is 0.238. The molecule has 3 nitrogen and oxygen atoms in total. The maximum absolute atomic E-state index is 6.38. The van der Waals surface area contributed by atoms with Gasteiger partial charge in [-0.15, -0.1) is 0 Å². The van der Waals surface area contributed by atoms with Crippen LogP contribution in [0.3, 0.4) is 0 Å². The summed E-state index contributed by atoms with van der Waals surface area (Å²) in [7, 11) is 0. The van der Waals surface area contributed by atoms with Crippen LogP contribution < -0.4 is 5.73 Å². The van der Waals surface area contributed by atoms with E-state index in [4.69, 9.17) is 5.73 Å². The van der Waals surface area contributed by atoms with Crippen molar-refractivity contribution in [3.63, 3.8) is 0 Å². The van der Waals surface area contributed by atoms with E-state index in [1.54, 1.807) is 0 Å². The molecule has 1 saturated heterocycles. The molecule has 2 unspecified atom stereocenters. The third-order valence-corrected chi connectivity index (χ3v) is 3.68. The number of hydrogen-bond acceptors (Lipinski definition) is 3. The maximum Gasteiger partial charge on any atom is 0.0502 e. The summed E-state index contributed by atoms with van der Waals surface area (Å²) >= 11 is 0. The zero-order chi connectivity index (χ0) is 12.3. The normalized spacial score (nSPS) is 27.1. The van der Waals surface area contributed by atoms with E-state index in [2.05, 4.69) is 35.9 Å². The highest BCUT2D eigenvalue weighted by Crippen LogP contribution is 2.30. The molecule has 1 aliphatic rings. The van der Waals surface area contributed by atoms with Gasteiger partial charge in [0.25, 0.3) is 0 Å². The van der Waals surface area contributed by atoms with Gasteiger partial charge in [-0.3, -0.25) is 9.88 Å². The second kappa shape index (κ2) is 5.61. The van der Waals surface area contributed by atoms with Gasteiger partial charge < -0.3 is 5.73 Å². The highest BCUT2D eigenvalue weighted by atomic mass is 15.2. The molecule has 2 N–H and O–H groups in total. The van der Waals surface area contributed by atoms with Gasteiger partial charge >= 0.3 is 0 Å². The van der Waals surface area contributed by atoms with E-state index in [0.717, 1.165) is 13.0 Å². The van der Waals surface area contributed by atoms with Gasteiger partial charge in [0.15, 0.2) is 0 Å². The molecule has 0 radical (unpaired) electrons. The number of pyridine rings is 1. The fourth-order valence-corrected chi connectivity index (χ4v) is 2.80. The van der Waals surface area contributed by atoms with Gasteiger partial charge in [-0.05, 0) is 50.9 Å². The number of aromatic nitrogens is 1. The van der Waals surface area contributed by atoms with Crippen LogP contribution in [-0.4, -0.2) is 28.5 Å². The Hall–Kier alpha value is -0.930.